The van der Waals surface area contributed by atoms with Gasteiger partial charge in [0.25, 0.3) is 5.91 Å². The third-order valence-electron chi connectivity index (χ3n) is 4.50. The molecule has 1 saturated heterocycles. The standard InChI is InChI=1S/C19H19ClN2O4/c20-14-10-21-8-7-15(14)25-13-4-3-9-22(11-13)19(23)18-12-24-16-5-1-2-6-17(16)26-18/h1-2,5-8,10,13,18H,3-4,9,11-12H2. The zero-order valence-corrected chi connectivity index (χ0v) is 14.9. The Morgan fingerprint density at radius 1 is 1.27 bits per heavy atom. The topological polar surface area (TPSA) is 60.9 Å². The number of halogens is 1. The fourth-order valence-electron chi connectivity index (χ4n) is 3.22. The van der Waals surface area contributed by atoms with E-state index in [1.165, 1.54) is 0 Å². The van der Waals surface area contributed by atoms with Crippen molar-refractivity contribution in [1.29, 1.82) is 0 Å². The van der Waals surface area contributed by atoms with E-state index in [-0.39, 0.29) is 18.6 Å². The molecule has 0 bridgehead atoms. The molecule has 6 nitrogen and oxygen atoms in total. The van der Waals surface area contributed by atoms with E-state index >= 15 is 0 Å². The van der Waals surface area contributed by atoms with Crippen molar-refractivity contribution in [2.24, 2.45) is 0 Å². The number of para-hydroxylation sites is 2. The third-order valence-corrected chi connectivity index (χ3v) is 4.79. The first-order valence-electron chi connectivity index (χ1n) is 8.64. The smallest absolute Gasteiger partial charge is 0.267 e. The maximum atomic E-state index is 12.9. The first-order valence-corrected chi connectivity index (χ1v) is 9.02. The minimum absolute atomic E-state index is 0.0753. The van der Waals surface area contributed by atoms with Gasteiger partial charge in [0.05, 0.1) is 6.54 Å². The summed E-state index contributed by atoms with van der Waals surface area (Å²) >= 11 is 6.11. The Hall–Kier alpha value is -2.47. The molecule has 7 heteroatoms. The maximum Gasteiger partial charge on any atom is 0.267 e. The first kappa shape index (κ1) is 17.0. The molecule has 26 heavy (non-hydrogen) atoms. The zero-order valence-electron chi connectivity index (χ0n) is 14.1. The van der Waals surface area contributed by atoms with E-state index in [1.807, 2.05) is 24.3 Å². The molecule has 1 aromatic carbocycles. The van der Waals surface area contributed by atoms with E-state index in [1.54, 1.807) is 23.4 Å². The van der Waals surface area contributed by atoms with Crippen molar-refractivity contribution in [2.45, 2.75) is 25.0 Å². The normalized spacial score (nSPS) is 22.0. The number of hydrogen-bond donors (Lipinski definition) is 0. The molecule has 136 valence electrons. The fraction of sp³-hybridized carbons (Fsp3) is 0.368. The molecule has 3 heterocycles. The second-order valence-electron chi connectivity index (χ2n) is 6.34. The average molecular weight is 375 g/mol. The summed E-state index contributed by atoms with van der Waals surface area (Å²) in [6.45, 7) is 1.40. The quantitative estimate of drug-likeness (QED) is 0.826. The Labute approximate surface area is 156 Å². The molecular weight excluding hydrogens is 356 g/mol. The van der Waals surface area contributed by atoms with E-state index < -0.39 is 6.10 Å². The van der Waals surface area contributed by atoms with Crippen LogP contribution in [0.4, 0.5) is 0 Å². The number of nitrogens with zero attached hydrogens (tertiary/aromatic N) is 2. The first-order chi connectivity index (χ1) is 12.7. The number of aromatic nitrogens is 1. The van der Waals surface area contributed by atoms with Crippen LogP contribution >= 0.6 is 11.6 Å². The molecule has 2 atom stereocenters. The van der Waals surface area contributed by atoms with Gasteiger partial charge in [-0.25, -0.2) is 0 Å². The molecule has 4 rings (SSSR count). The van der Waals surface area contributed by atoms with Gasteiger partial charge < -0.3 is 19.1 Å². The van der Waals surface area contributed by atoms with Gasteiger partial charge >= 0.3 is 0 Å². The number of hydrogen-bond acceptors (Lipinski definition) is 5. The predicted octanol–water partition coefficient (Wildman–Crippen LogP) is 2.94. The Bertz CT molecular complexity index is 801. The monoisotopic (exact) mass is 374 g/mol. The van der Waals surface area contributed by atoms with Gasteiger partial charge in [-0.15, -0.1) is 0 Å². The number of fused-ring (bicyclic) bond motifs is 1. The molecule has 2 aliphatic rings. The third kappa shape index (κ3) is 3.55. The lowest BCUT2D eigenvalue weighted by Gasteiger charge is -2.36. The van der Waals surface area contributed by atoms with Gasteiger partial charge in [-0.2, -0.15) is 0 Å². The molecule has 0 spiro atoms. The van der Waals surface area contributed by atoms with E-state index in [9.17, 15) is 4.79 Å². The van der Waals surface area contributed by atoms with Crippen LogP contribution in [0.3, 0.4) is 0 Å². The molecule has 1 amide bonds. The van der Waals surface area contributed by atoms with Gasteiger partial charge in [0.2, 0.25) is 6.10 Å². The minimum atomic E-state index is -0.631. The molecule has 0 radical (unpaired) electrons. The van der Waals surface area contributed by atoms with Crippen molar-refractivity contribution in [3.63, 3.8) is 0 Å². The summed E-state index contributed by atoms with van der Waals surface area (Å²) in [5, 5.41) is 0.469. The molecular formula is C19H19ClN2O4. The molecule has 1 aromatic heterocycles. The highest BCUT2D eigenvalue weighted by atomic mass is 35.5. The van der Waals surface area contributed by atoms with Crippen LogP contribution in [0.25, 0.3) is 0 Å². The number of carbonyl (C=O) groups is 1. The van der Waals surface area contributed by atoms with Crippen LogP contribution in [0.5, 0.6) is 17.2 Å². The van der Waals surface area contributed by atoms with Crippen molar-refractivity contribution in [2.75, 3.05) is 19.7 Å². The van der Waals surface area contributed by atoms with Crippen molar-refractivity contribution >= 4 is 17.5 Å². The Balaban J connectivity index is 1.40. The zero-order chi connectivity index (χ0) is 17.9. The van der Waals surface area contributed by atoms with Gasteiger partial charge in [0.15, 0.2) is 11.5 Å². The maximum absolute atomic E-state index is 12.9. The summed E-state index contributed by atoms with van der Waals surface area (Å²) in [5.74, 6) is 1.79. The fourth-order valence-corrected chi connectivity index (χ4v) is 3.38. The number of likely N-dealkylation sites (tertiary alicyclic amines) is 1. The Morgan fingerprint density at radius 2 is 2.12 bits per heavy atom. The summed E-state index contributed by atoms with van der Waals surface area (Å²) in [7, 11) is 0. The number of benzene rings is 1. The second kappa shape index (κ2) is 7.41. The molecule has 1 fully saturated rings. The summed E-state index contributed by atoms with van der Waals surface area (Å²) < 4.78 is 17.5. The summed E-state index contributed by atoms with van der Waals surface area (Å²) in [5.41, 5.74) is 0. The van der Waals surface area contributed by atoms with Crippen LogP contribution in [0.15, 0.2) is 42.7 Å². The van der Waals surface area contributed by atoms with Crippen LogP contribution in [0.1, 0.15) is 12.8 Å². The minimum Gasteiger partial charge on any atom is -0.487 e. The van der Waals surface area contributed by atoms with Crippen molar-refractivity contribution in [1.82, 2.24) is 9.88 Å². The van der Waals surface area contributed by atoms with Gasteiger partial charge in [-0.05, 0) is 25.0 Å². The Kier molecular flexibility index (Phi) is 4.84. The lowest BCUT2D eigenvalue weighted by Crippen LogP contribution is -2.51. The van der Waals surface area contributed by atoms with Crippen LogP contribution in [-0.4, -0.2) is 47.7 Å². The van der Waals surface area contributed by atoms with Crippen LogP contribution in [0, 0.1) is 0 Å². The van der Waals surface area contributed by atoms with E-state index in [0.717, 1.165) is 12.8 Å². The molecule has 2 unspecified atom stereocenters. The SMILES string of the molecule is O=C(C1COc2ccccc2O1)N1CCCC(Oc2ccncc2Cl)C1. The number of pyridine rings is 1. The van der Waals surface area contributed by atoms with E-state index in [4.69, 9.17) is 25.8 Å². The van der Waals surface area contributed by atoms with E-state index in [2.05, 4.69) is 4.98 Å². The molecule has 0 aliphatic carbocycles. The number of amides is 1. The number of piperidine rings is 1. The van der Waals surface area contributed by atoms with Crippen molar-refractivity contribution in [3.8, 4) is 17.2 Å². The highest BCUT2D eigenvalue weighted by Crippen LogP contribution is 2.32. The lowest BCUT2D eigenvalue weighted by atomic mass is 10.1. The van der Waals surface area contributed by atoms with Crippen LogP contribution < -0.4 is 14.2 Å². The average Bonchev–Trinajstić information content (AvgIpc) is 2.69. The molecule has 0 N–H and O–H groups in total. The van der Waals surface area contributed by atoms with Crippen LogP contribution in [-0.2, 0) is 4.79 Å². The second-order valence-corrected chi connectivity index (χ2v) is 6.74. The van der Waals surface area contributed by atoms with Crippen LogP contribution in [0.2, 0.25) is 5.02 Å². The highest BCUT2D eigenvalue weighted by molar-refractivity contribution is 6.31. The number of ether oxygens (including phenoxy) is 3. The highest BCUT2D eigenvalue weighted by Gasteiger charge is 2.34. The van der Waals surface area contributed by atoms with Crippen molar-refractivity contribution < 1.29 is 19.0 Å². The summed E-state index contributed by atoms with van der Waals surface area (Å²) in [6, 6.07) is 9.11. The largest absolute Gasteiger partial charge is 0.487 e. The van der Waals surface area contributed by atoms with Gasteiger partial charge in [0, 0.05) is 25.0 Å². The number of rotatable bonds is 3. The lowest BCUT2D eigenvalue weighted by molar-refractivity contribution is -0.143. The van der Waals surface area contributed by atoms with Gasteiger partial charge in [-0.3, -0.25) is 9.78 Å². The summed E-state index contributed by atoms with van der Waals surface area (Å²) in [6.07, 6.45) is 4.18. The molecule has 0 saturated carbocycles. The van der Waals surface area contributed by atoms with Crippen molar-refractivity contribution in [3.05, 3.63) is 47.7 Å². The van der Waals surface area contributed by atoms with E-state index in [0.29, 0.717) is 35.4 Å². The van der Waals surface area contributed by atoms with Gasteiger partial charge in [0.1, 0.15) is 23.5 Å². The predicted molar refractivity (Wildman–Crippen MR) is 95.8 cm³/mol. The summed E-state index contributed by atoms with van der Waals surface area (Å²) in [4.78, 5) is 18.6. The Morgan fingerprint density at radius 3 is 2.96 bits per heavy atom. The molecule has 2 aromatic rings. The van der Waals surface area contributed by atoms with Gasteiger partial charge in [-0.1, -0.05) is 23.7 Å². The molecule has 2 aliphatic heterocycles. The number of carbonyl (C=O) groups excluding carboxylic acids is 1.